The van der Waals surface area contributed by atoms with E-state index in [9.17, 15) is 5.11 Å². The Morgan fingerprint density at radius 1 is 1.22 bits per heavy atom. The lowest BCUT2D eigenvalue weighted by molar-refractivity contribution is 0.0546. The molecule has 0 radical (unpaired) electrons. The van der Waals surface area contributed by atoms with Crippen molar-refractivity contribution in [1.82, 2.24) is 0 Å². The highest BCUT2D eigenvalue weighted by Gasteiger charge is 2.30. The van der Waals surface area contributed by atoms with Crippen LogP contribution in [-0.4, -0.2) is 5.11 Å². The maximum absolute atomic E-state index is 10.6. The molecule has 0 aromatic heterocycles. The van der Waals surface area contributed by atoms with E-state index in [4.69, 9.17) is 11.6 Å². The molecule has 0 heterocycles. The van der Waals surface area contributed by atoms with Crippen molar-refractivity contribution in [2.24, 2.45) is 17.8 Å². The van der Waals surface area contributed by atoms with E-state index in [0.29, 0.717) is 22.8 Å². The van der Waals surface area contributed by atoms with Gasteiger partial charge in [0.15, 0.2) is 0 Å². The first-order valence-electron chi connectivity index (χ1n) is 6.60. The first kappa shape index (κ1) is 14.6. The smallest absolute Gasteiger partial charge is 0.0829 e. The predicted octanol–water partition coefficient (Wildman–Crippen LogP) is 5.05. The van der Waals surface area contributed by atoms with Gasteiger partial charge >= 0.3 is 0 Å². The molecule has 1 aromatic rings. The summed E-state index contributed by atoms with van der Waals surface area (Å²) in [6.45, 7) is 4.58. The van der Waals surface area contributed by atoms with Crippen LogP contribution in [0.2, 0.25) is 5.02 Å². The minimum absolute atomic E-state index is 0.371. The first-order valence-corrected chi connectivity index (χ1v) is 8.06. The van der Waals surface area contributed by atoms with Crippen molar-refractivity contribution in [3.8, 4) is 0 Å². The van der Waals surface area contributed by atoms with Crippen molar-refractivity contribution in [3.05, 3.63) is 32.4 Å². The highest BCUT2D eigenvalue weighted by atomic mass is 127. The number of hydrogen-bond donors (Lipinski definition) is 1. The van der Waals surface area contributed by atoms with Crippen LogP contribution in [0, 0.1) is 21.3 Å². The van der Waals surface area contributed by atoms with Crippen molar-refractivity contribution in [2.75, 3.05) is 0 Å². The van der Waals surface area contributed by atoms with Crippen molar-refractivity contribution in [1.29, 1.82) is 0 Å². The predicted molar refractivity (Wildman–Crippen MR) is 84.8 cm³/mol. The molecule has 0 bridgehead atoms. The first-order chi connectivity index (χ1) is 8.47. The Morgan fingerprint density at radius 2 is 1.83 bits per heavy atom. The summed E-state index contributed by atoms with van der Waals surface area (Å²) >= 11 is 8.32. The molecule has 1 saturated carbocycles. The third-order valence-corrected chi connectivity index (χ3v) is 5.16. The average Bonchev–Trinajstić information content (AvgIpc) is 2.30. The van der Waals surface area contributed by atoms with Crippen LogP contribution in [0.25, 0.3) is 0 Å². The molecule has 3 unspecified atom stereocenters. The molecule has 0 saturated heterocycles. The molecule has 1 aliphatic rings. The minimum atomic E-state index is -0.374. The highest BCUT2D eigenvalue weighted by molar-refractivity contribution is 14.1. The molecule has 0 amide bonds. The summed E-state index contributed by atoms with van der Waals surface area (Å²) in [6.07, 6.45) is 3.15. The van der Waals surface area contributed by atoms with E-state index in [1.165, 1.54) is 6.42 Å². The summed E-state index contributed by atoms with van der Waals surface area (Å²) in [5.74, 6) is 1.80. The Kier molecular flexibility index (Phi) is 4.95. The molecular weight excluding hydrogens is 359 g/mol. The molecule has 1 N–H and O–H groups in total. The van der Waals surface area contributed by atoms with Crippen molar-refractivity contribution < 1.29 is 5.11 Å². The Morgan fingerprint density at radius 3 is 2.44 bits per heavy atom. The average molecular weight is 379 g/mol. The number of hydrogen-bond acceptors (Lipinski definition) is 1. The Balaban J connectivity index is 2.19. The maximum Gasteiger partial charge on any atom is 0.0829 e. The van der Waals surface area contributed by atoms with Crippen molar-refractivity contribution >= 4 is 34.2 Å². The number of halogens is 2. The van der Waals surface area contributed by atoms with Gasteiger partial charge in [-0.3, -0.25) is 0 Å². The Labute approximate surface area is 128 Å². The van der Waals surface area contributed by atoms with Gasteiger partial charge in [-0.05, 0) is 83.4 Å². The monoisotopic (exact) mass is 378 g/mol. The van der Waals surface area contributed by atoms with E-state index in [0.717, 1.165) is 22.0 Å². The lowest BCUT2D eigenvalue weighted by Crippen LogP contribution is -2.25. The lowest BCUT2D eigenvalue weighted by Gasteiger charge is -2.34. The topological polar surface area (TPSA) is 20.2 Å². The van der Waals surface area contributed by atoms with Crippen LogP contribution in [0.3, 0.4) is 0 Å². The Hall–Kier alpha value is 0.200. The van der Waals surface area contributed by atoms with Gasteiger partial charge in [-0.15, -0.1) is 0 Å². The van der Waals surface area contributed by atoms with Gasteiger partial charge in [-0.25, -0.2) is 0 Å². The largest absolute Gasteiger partial charge is 0.388 e. The number of aliphatic hydroxyl groups is 1. The van der Waals surface area contributed by atoms with Crippen LogP contribution >= 0.6 is 34.2 Å². The van der Waals surface area contributed by atoms with Crippen molar-refractivity contribution in [2.45, 2.75) is 39.2 Å². The molecule has 1 aliphatic carbocycles. The van der Waals surface area contributed by atoms with Gasteiger partial charge in [-0.1, -0.05) is 25.4 Å². The second-order valence-electron chi connectivity index (χ2n) is 5.79. The van der Waals surface area contributed by atoms with E-state index < -0.39 is 0 Å². The SMILES string of the molecule is CC1CC(C)CC(C(O)c2cc(Cl)ccc2I)C1. The molecule has 2 rings (SSSR count). The summed E-state index contributed by atoms with van der Waals surface area (Å²) in [4.78, 5) is 0. The zero-order valence-corrected chi connectivity index (χ0v) is 13.8. The second-order valence-corrected chi connectivity index (χ2v) is 7.39. The normalized spacial score (nSPS) is 30.2. The summed E-state index contributed by atoms with van der Waals surface area (Å²) in [5, 5.41) is 11.3. The van der Waals surface area contributed by atoms with Crippen molar-refractivity contribution in [3.63, 3.8) is 0 Å². The molecule has 0 aliphatic heterocycles. The summed E-state index contributed by atoms with van der Waals surface area (Å²) in [5.41, 5.74) is 0.995. The molecule has 3 atom stereocenters. The van der Waals surface area contributed by atoms with Crippen LogP contribution in [0.15, 0.2) is 18.2 Å². The molecule has 1 aromatic carbocycles. The van der Waals surface area contributed by atoms with Gasteiger partial charge in [0.05, 0.1) is 6.10 Å². The minimum Gasteiger partial charge on any atom is -0.388 e. The third kappa shape index (κ3) is 3.40. The van der Waals surface area contributed by atoms with Gasteiger partial charge in [-0.2, -0.15) is 0 Å². The fourth-order valence-electron chi connectivity index (χ4n) is 3.26. The van der Waals surface area contributed by atoms with Gasteiger partial charge in [0.1, 0.15) is 0 Å². The molecule has 1 nitrogen and oxygen atoms in total. The maximum atomic E-state index is 10.6. The molecule has 0 spiro atoms. The zero-order chi connectivity index (χ0) is 13.3. The Bertz CT molecular complexity index is 411. The lowest BCUT2D eigenvalue weighted by atomic mass is 9.73. The van der Waals surface area contributed by atoms with E-state index in [-0.39, 0.29) is 6.10 Å². The van der Waals surface area contributed by atoms with Crippen LogP contribution in [0.5, 0.6) is 0 Å². The van der Waals surface area contributed by atoms with Crippen LogP contribution in [0.1, 0.15) is 44.8 Å². The van der Waals surface area contributed by atoms with Crippen LogP contribution in [0.4, 0.5) is 0 Å². The molecule has 18 heavy (non-hydrogen) atoms. The zero-order valence-electron chi connectivity index (χ0n) is 10.9. The number of rotatable bonds is 2. The van der Waals surface area contributed by atoms with Gasteiger partial charge in [0.2, 0.25) is 0 Å². The van der Waals surface area contributed by atoms with E-state index in [1.54, 1.807) is 0 Å². The standard InChI is InChI=1S/C15H20ClIO/c1-9-5-10(2)7-11(6-9)15(18)13-8-12(16)3-4-14(13)17/h3-4,8-11,15,18H,5-7H2,1-2H3. The number of aliphatic hydroxyl groups excluding tert-OH is 1. The molecule has 3 heteroatoms. The van der Waals surface area contributed by atoms with Gasteiger partial charge < -0.3 is 5.11 Å². The summed E-state index contributed by atoms with van der Waals surface area (Å²) < 4.78 is 1.11. The quantitative estimate of drug-likeness (QED) is 0.714. The van der Waals surface area contributed by atoms with E-state index in [2.05, 4.69) is 36.4 Å². The number of benzene rings is 1. The summed E-state index contributed by atoms with van der Waals surface area (Å²) in [7, 11) is 0. The fourth-order valence-corrected chi connectivity index (χ4v) is 4.10. The van der Waals surface area contributed by atoms with Gasteiger partial charge in [0, 0.05) is 8.59 Å². The van der Waals surface area contributed by atoms with Crippen LogP contribution in [-0.2, 0) is 0 Å². The summed E-state index contributed by atoms with van der Waals surface area (Å²) in [6, 6.07) is 5.78. The molecule has 1 fully saturated rings. The van der Waals surface area contributed by atoms with Gasteiger partial charge in [0.25, 0.3) is 0 Å². The second kappa shape index (κ2) is 6.10. The third-order valence-electron chi connectivity index (χ3n) is 3.94. The van der Waals surface area contributed by atoms with E-state index in [1.807, 2.05) is 18.2 Å². The van der Waals surface area contributed by atoms with E-state index >= 15 is 0 Å². The highest BCUT2D eigenvalue weighted by Crippen LogP contribution is 2.41. The molecular formula is C15H20ClIO. The molecule has 100 valence electrons. The van der Waals surface area contributed by atoms with Crippen LogP contribution < -0.4 is 0 Å². The fraction of sp³-hybridized carbons (Fsp3) is 0.600.